The Labute approximate surface area is 85.0 Å². The van der Waals surface area contributed by atoms with E-state index in [0.29, 0.717) is 5.92 Å². The molecule has 13 heavy (non-hydrogen) atoms. The van der Waals surface area contributed by atoms with Crippen molar-refractivity contribution in [3.05, 3.63) is 35.2 Å². The molecule has 1 atom stereocenters. The van der Waals surface area contributed by atoms with Gasteiger partial charge in [-0.15, -0.1) is 9.24 Å². The van der Waals surface area contributed by atoms with Crippen molar-refractivity contribution in [2.75, 3.05) is 0 Å². The van der Waals surface area contributed by atoms with Crippen LogP contribution in [0.1, 0.15) is 34.1 Å². The third kappa shape index (κ3) is 5.05. The third-order valence-electron chi connectivity index (χ3n) is 1.85. The van der Waals surface area contributed by atoms with Crippen LogP contribution < -0.4 is 0 Å². The SMILES string of the molecule is C\C=C/C=C(P)\C(=C\CC)C(C)C. The maximum atomic E-state index is 2.81. The zero-order chi connectivity index (χ0) is 10.3. The van der Waals surface area contributed by atoms with Gasteiger partial charge in [-0.1, -0.05) is 45.1 Å². The van der Waals surface area contributed by atoms with E-state index in [1.54, 1.807) is 0 Å². The molecule has 0 radical (unpaired) electrons. The van der Waals surface area contributed by atoms with Crippen LogP contribution >= 0.6 is 9.24 Å². The molecule has 0 aliphatic heterocycles. The lowest BCUT2D eigenvalue weighted by Crippen LogP contribution is -1.93. The van der Waals surface area contributed by atoms with Crippen molar-refractivity contribution in [1.82, 2.24) is 0 Å². The number of hydrogen-bond donors (Lipinski definition) is 0. The lowest BCUT2D eigenvalue weighted by Gasteiger charge is -2.11. The largest absolute Gasteiger partial charge is 0.105 e. The standard InChI is InChI=1S/C12H21P/c1-5-7-9-12(13)11(8-6-2)10(3)4/h5,7-10H,6,13H2,1-4H3/b7-5-,11-8+,12-9+. The summed E-state index contributed by atoms with van der Waals surface area (Å²) in [6, 6.07) is 0. The lowest BCUT2D eigenvalue weighted by molar-refractivity contribution is 0.782. The first-order chi connectivity index (χ1) is 6.13. The maximum Gasteiger partial charge on any atom is -0.0216 e. The van der Waals surface area contributed by atoms with Crippen LogP contribution in [-0.4, -0.2) is 0 Å². The number of rotatable bonds is 4. The third-order valence-corrected chi connectivity index (χ3v) is 2.37. The minimum Gasteiger partial charge on any atom is -0.105 e. The number of hydrogen-bond acceptors (Lipinski definition) is 0. The van der Waals surface area contributed by atoms with Gasteiger partial charge >= 0.3 is 0 Å². The summed E-state index contributed by atoms with van der Waals surface area (Å²) < 4.78 is 0. The average Bonchev–Trinajstić information content (AvgIpc) is 2.09. The van der Waals surface area contributed by atoms with E-state index >= 15 is 0 Å². The normalized spacial score (nSPS) is 14.6. The summed E-state index contributed by atoms with van der Waals surface area (Å²) in [7, 11) is 2.81. The molecule has 0 nitrogen and oxygen atoms in total. The van der Waals surface area contributed by atoms with Gasteiger partial charge in [0.2, 0.25) is 0 Å². The molecule has 0 fully saturated rings. The van der Waals surface area contributed by atoms with Crippen molar-refractivity contribution < 1.29 is 0 Å². The van der Waals surface area contributed by atoms with Crippen LogP contribution in [0.3, 0.4) is 0 Å². The molecule has 74 valence electrons. The molecular formula is C12H21P. The molecule has 1 heteroatoms. The number of allylic oxidation sites excluding steroid dienone is 6. The van der Waals surface area contributed by atoms with E-state index in [0.717, 1.165) is 6.42 Å². The molecule has 0 aliphatic carbocycles. The van der Waals surface area contributed by atoms with E-state index in [1.165, 1.54) is 10.9 Å². The van der Waals surface area contributed by atoms with E-state index in [1.807, 2.05) is 13.0 Å². The van der Waals surface area contributed by atoms with Crippen molar-refractivity contribution in [2.45, 2.75) is 34.1 Å². The minimum atomic E-state index is 0.606. The molecule has 0 aliphatic rings. The first kappa shape index (κ1) is 12.7. The summed E-state index contributed by atoms with van der Waals surface area (Å²) in [5.74, 6) is 0.606. The summed E-state index contributed by atoms with van der Waals surface area (Å²) in [5.41, 5.74) is 1.44. The smallest absolute Gasteiger partial charge is 0.0216 e. The van der Waals surface area contributed by atoms with Crippen molar-refractivity contribution in [3.63, 3.8) is 0 Å². The second-order valence-corrected chi connectivity index (χ2v) is 3.99. The molecule has 0 bridgehead atoms. The second kappa shape index (κ2) is 7.09. The predicted octanol–water partition coefficient (Wildman–Crippen LogP) is 4.31. The Morgan fingerprint density at radius 3 is 2.38 bits per heavy atom. The van der Waals surface area contributed by atoms with Gasteiger partial charge in [0.15, 0.2) is 0 Å². The van der Waals surface area contributed by atoms with E-state index in [2.05, 4.69) is 48.2 Å². The first-order valence-corrected chi connectivity index (χ1v) is 5.50. The second-order valence-electron chi connectivity index (χ2n) is 3.37. The highest BCUT2D eigenvalue weighted by Crippen LogP contribution is 2.25. The van der Waals surface area contributed by atoms with Gasteiger partial charge < -0.3 is 0 Å². The summed E-state index contributed by atoms with van der Waals surface area (Å²) in [4.78, 5) is 0. The van der Waals surface area contributed by atoms with Crippen LogP contribution in [0.4, 0.5) is 0 Å². The molecule has 0 aromatic rings. The van der Waals surface area contributed by atoms with E-state index in [4.69, 9.17) is 0 Å². The molecule has 0 saturated carbocycles. The Bertz CT molecular complexity index is 219. The van der Waals surface area contributed by atoms with Gasteiger partial charge in [0, 0.05) is 0 Å². The quantitative estimate of drug-likeness (QED) is 0.464. The zero-order valence-electron chi connectivity index (χ0n) is 9.17. The monoisotopic (exact) mass is 196 g/mol. The van der Waals surface area contributed by atoms with Crippen LogP contribution in [0.15, 0.2) is 35.2 Å². The lowest BCUT2D eigenvalue weighted by atomic mass is 10.0. The highest BCUT2D eigenvalue weighted by molar-refractivity contribution is 7.23. The van der Waals surface area contributed by atoms with Gasteiger partial charge in [-0.25, -0.2) is 0 Å². The Morgan fingerprint density at radius 2 is 2.00 bits per heavy atom. The molecule has 0 spiro atoms. The van der Waals surface area contributed by atoms with Gasteiger partial charge in [-0.05, 0) is 30.1 Å². The van der Waals surface area contributed by atoms with E-state index in [9.17, 15) is 0 Å². The van der Waals surface area contributed by atoms with E-state index < -0.39 is 0 Å². The van der Waals surface area contributed by atoms with E-state index in [-0.39, 0.29) is 0 Å². The van der Waals surface area contributed by atoms with Gasteiger partial charge in [0.1, 0.15) is 0 Å². The summed E-state index contributed by atoms with van der Waals surface area (Å²) >= 11 is 0. The zero-order valence-corrected chi connectivity index (χ0v) is 10.3. The molecule has 0 heterocycles. The Balaban J connectivity index is 4.65. The Kier molecular flexibility index (Phi) is 6.90. The Hall–Kier alpha value is -0.350. The highest BCUT2D eigenvalue weighted by Gasteiger charge is 2.03. The van der Waals surface area contributed by atoms with Crippen LogP contribution in [0.5, 0.6) is 0 Å². The van der Waals surface area contributed by atoms with Gasteiger partial charge in [-0.2, -0.15) is 0 Å². The first-order valence-electron chi connectivity index (χ1n) is 4.92. The molecule has 0 amide bonds. The van der Waals surface area contributed by atoms with Crippen LogP contribution in [0.25, 0.3) is 0 Å². The summed E-state index contributed by atoms with van der Waals surface area (Å²) in [6.07, 6.45) is 9.68. The molecule has 0 rings (SSSR count). The maximum absolute atomic E-state index is 2.81. The highest BCUT2D eigenvalue weighted by atomic mass is 31.0. The van der Waals surface area contributed by atoms with Crippen molar-refractivity contribution in [1.29, 1.82) is 0 Å². The predicted molar refractivity (Wildman–Crippen MR) is 65.8 cm³/mol. The van der Waals surface area contributed by atoms with Crippen LogP contribution in [0, 0.1) is 5.92 Å². The van der Waals surface area contributed by atoms with Gasteiger partial charge in [0.25, 0.3) is 0 Å². The molecule has 0 N–H and O–H groups in total. The van der Waals surface area contributed by atoms with Crippen LogP contribution in [-0.2, 0) is 0 Å². The van der Waals surface area contributed by atoms with Crippen molar-refractivity contribution in [3.8, 4) is 0 Å². The van der Waals surface area contributed by atoms with Crippen LogP contribution in [0.2, 0.25) is 0 Å². The van der Waals surface area contributed by atoms with Crippen molar-refractivity contribution >= 4 is 9.24 Å². The molecule has 1 unspecified atom stereocenters. The fraction of sp³-hybridized carbons (Fsp3) is 0.500. The van der Waals surface area contributed by atoms with Gasteiger partial charge in [-0.3, -0.25) is 0 Å². The fourth-order valence-corrected chi connectivity index (χ4v) is 1.77. The molecule has 0 aromatic carbocycles. The van der Waals surface area contributed by atoms with Crippen molar-refractivity contribution in [2.24, 2.45) is 5.92 Å². The minimum absolute atomic E-state index is 0.606. The molecule has 0 saturated heterocycles. The molecule has 0 aromatic heterocycles. The Morgan fingerprint density at radius 1 is 1.38 bits per heavy atom. The summed E-state index contributed by atoms with van der Waals surface area (Å²) in [6.45, 7) is 8.67. The topological polar surface area (TPSA) is 0 Å². The fourth-order valence-electron chi connectivity index (χ4n) is 1.20. The molecular weight excluding hydrogens is 175 g/mol. The van der Waals surface area contributed by atoms with Gasteiger partial charge in [0.05, 0.1) is 0 Å². The average molecular weight is 196 g/mol. The summed E-state index contributed by atoms with van der Waals surface area (Å²) in [5, 5.41) is 1.30.